The van der Waals surface area contributed by atoms with Gasteiger partial charge in [-0.1, -0.05) is 11.3 Å². The summed E-state index contributed by atoms with van der Waals surface area (Å²) in [6, 6.07) is 0.795. The molecule has 1 aliphatic heterocycles. The van der Waals surface area contributed by atoms with E-state index in [9.17, 15) is 4.79 Å². The highest BCUT2D eigenvalue weighted by atomic mass is 32.1. The molecule has 116 valence electrons. The number of aromatic nitrogens is 1. The molecular weight excluding hydrogens is 286 g/mol. The van der Waals surface area contributed by atoms with Crippen molar-refractivity contribution in [3.8, 4) is 0 Å². The van der Waals surface area contributed by atoms with Crippen molar-refractivity contribution < 1.29 is 4.79 Å². The van der Waals surface area contributed by atoms with E-state index in [-0.39, 0.29) is 5.91 Å². The van der Waals surface area contributed by atoms with Gasteiger partial charge in [-0.05, 0) is 45.2 Å². The van der Waals surface area contributed by atoms with Crippen molar-refractivity contribution in [3.63, 3.8) is 0 Å². The number of nitrogens with one attached hydrogen (secondary N) is 2. The molecule has 3 rings (SSSR count). The summed E-state index contributed by atoms with van der Waals surface area (Å²) >= 11 is 1.38. The van der Waals surface area contributed by atoms with Crippen molar-refractivity contribution in [2.24, 2.45) is 0 Å². The summed E-state index contributed by atoms with van der Waals surface area (Å²) in [5, 5.41) is 7.45. The lowest BCUT2D eigenvalue weighted by Gasteiger charge is -2.31. The normalized spacial score (nSPS) is 20.0. The van der Waals surface area contributed by atoms with E-state index in [1.807, 2.05) is 11.9 Å². The number of carbonyl (C=O) groups excluding carboxylic acids is 1. The van der Waals surface area contributed by atoms with Crippen LogP contribution in [-0.4, -0.2) is 48.0 Å². The minimum Gasteiger partial charge on any atom is -0.382 e. The third-order valence-electron chi connectivity index (χ3n) is 4.46. The van der Waals surface area contributed by atoms with Crippen LogP contribution in [0.3, 0.4) is 0 Å². The van der Waals surface area contributed by atoms with Gasteiger partial charge in [0.15, 0.2) is 5.13 Å². The Morgan fingerprint density at radius 3 is 2.71 bits per heavy atom. The van der Waals surface area contributed by atoms with E-state index in [1.165, 1.54) is 30.6 Å². The van der Waals surface area contributed by atoms with Gasteiger partial charge in [0.25, 0.3) is 5.91 Å². The van der Waals surface area contributed by atoms with Crippen molar-refractivity contribution in [3.05, 3.63) is 4.88 Å². The van der Waals surface area contributed by atoms with Gasteiger partial charge in [0.1, 0.15) is 10.7 Å². The average Bonchev–Trinajstić information content (AvgIpc) is 2.83. The van der Waals surface area contributed by atoms with Gasteiger partial charge in [0, 0.05) is 19.1 Å². The van der Waals surface area contributed by atoms with Gasteiger partial charge in [-0.2, -0.15) is 0 Å². The first-order valence-corrected chi connectivity index (χ1v) is 8.47. The summed E-state index contributed by atoms with van der Waals surface area (Å²) in [5.41, 5.74) is 5.94. The summed E-state index contributed by atoms with van der Waals surface area (Å²) < 4.78 is 0. The smallest absolute Gasteiger partial charge is 0.267 e. The highest BCUT2D eigenvalue weighted by molar-refractivity contribution is 7.18. The number of rotatable bonds is 4. The van der Waals surface area contributed by atoms with Crippen molar-refractivity contribution in [1.29, 1.82) is 0 Å². The zero-order chi connectivity index (χ0) is 14.8. The minimum atomic E-state index is -0.00133. The standard InChI is InChI=1S/C14H23N5OS/c1-19(10-5-7-16-8-6-10)13(20)11-12(15)18-14(21-11)17-9-3-2-4-9/h9-10,16H,2-8,15H2,1H3,(H,17,18). The van der Waals surface area contributed by atoms with Crippen molar-refractivity contribution >= 4 is 28.2 Å². The van der Waals surface area contributed by atoms with Crippen LogP contribution in [0.15, 0.2) is 0 Å². The second kappa shape index (κ2) is 6.19. The Labute approximate surface area is 129 Å². The zero-order valence-electron chi connectivity index (χ0n) is 12.4. The van der Waals surface area contributed by atoms with Crippen LogP contribution in [-0.2, 0) is 0 Å². The van der Waals surface area contributed by atoms with Gasteiger partial charge >= 0.3 is 0 Å². The van der Waals surface area contributed by atoms with Crippen LogP contribution in [0.1, 0.15) is 41.8 Å². The second-order valence-corrected chi connectivity index (χ2v) is 6.90. The largest absolute Gasteiger partial charge is 0.382 e. The first-order chi connectivity index (χ1) is 10.1. The van der Waals surface area contributed by atoms with Gasteiger partial charge in [0.05, 0.1) is 0 Å². The lowest BCUT2D eigenvalue weighted by atomic mass is 9.93. The molecule has 21 heavy (non-hydrogen) atoms. The van der Waals surface area contributed by atoms with E-state index in [0.717, 1.165) is 31.1 Å². The number of piperidine rings is 1. The molecule has 0 atom stereocenters. The number of nitrogens with zero attached hydrogens (tertiary/aromatic N) is 2. The number of carbonyl (C=O) groups is 1. The molecule has 0 radical (unpaired) electrons. The fourth-order valence-electron chi connectivity index (χ4n) is 2.79. The molecule has 1 aromatic heterocycles. The third kappa shape index (κ3) is 3.13. The van der Waals surface area contributed by atoms with E-state index >= 15 is 0 Å². The SMILES string of the molecule is CN(C(=O)c1sc(NC2CCC2)nc1N)C1CCNCC1. The molecule has 4 N–H and O–H groups in total. The van der Waals surface area contributed by atoms with Gasteiger partial charge in [-0.15, -0.1) is 0 Å². The van der Waals surface area contributed by atoms with Crippen molar-refractivity contribution in [1.82, 2.24) is 15.2 Å². The Bertz CT molecular complexity index is 507. The van der Waals surface area contributed by atoms with Crippen LogP contribution in [0.2, 0.25) is 0 Å². The Hall–Kier alpha value is -1.34. The summed E-state index contributed by atoms with van der Waals surface area (Å²) in [7, 11) is 1.87. The van der Waals surface area contributed by atoms with Crippen molar-refractivity contribution in [2.45, 2.75) is 44.2 Å². The summed E-state index contributed by atoms with van der Waals surface area (Å²) in [5.74, 6) is 0.353. The molecule has 1 aliphatic carbocycles. The maximum Gasteiger partial charge on any atom is 0.267 e. The lowest BCUT2D eigenvalue weighted by molar-refractivity contribution is 0.0709. The van der Waals surface area contributed by atoms with E-state index in [4.69, 9.17) is 5.73 Å². The summed E-state index contributed by atoms with van der Waals surface area (Å²) in [6.07, 6.45) is 5.61. The monoisotopic (exact) mass is 309 g/mol. The van der Waals surface area contributed by atoms with Crippen LogP contribution in [0.5, 0.6) is 0 Å². The van der Waals surface area contributed by atoms with Gasteiger partial charge in [-0.3, -0.25) is 4.79 Å². The molecule has 2 fully saturated rings. The van der Waals surface area contributed by atoms with Crippen LogP contribution in [0.25, 0.3) is 0 Å². The zero-order valence-corrected chi connectivity index (χ0v) is 13.2. The molecule has 1 aromatic rings. The summed E-state index contributed by atoms with van der Waals surface area (Å²) in [4.78, 5) is 19.3. The number of nitrogen functional groups attached to an aromatic ring is 1. The summed E-state index contributed by atoms with van der Waals surface area (Å²) in [6.45, 7) is 1.93. The molecule has 2 heterocycles. The molecule has 0 unspecified atom stereocenters. The molecule has 7 heteroatoms. The molecule has 0 bridgehead atoms. The Kier molecular flexibility index (Phi) is 4.30. The predicted molar refractivity (Wildman–Crippen MR) is 85.8 cm³/mol. The van der Waals surface area contributed by atoms with Gasteiger partial charge in [-0.25, -0.2) is 4.98 Å². The molecule has 1 saturated heterocycles. The fourth-order valence-corrected chi connectivity index (χ4v) is 3.74. The Balaban J connectivity index is 1.67. The van der Waals surface area contributed by atoms with Crippen LogP contribution in [0.4, 0.5) is 10.9 Å². The average molecular weight is 309 g/mol. The highest BCUT2D eigenvalue weighted by Gasteiger charge is 2.27. The van der Waals surface area contributed by atoms with E-state index < -0.39 is 0 Å². The maximum atomic E-state index is 12.6. The first-order valence-electron chi connectivity index (χ1n) is 7.66. The van der Waals surface area contributed by atoms with Crippen LogP contribution in [0, 0.1) is 0 Å². The van der Waals surface area contributed by atoms with E-state index in [1.54, 1.807) is 0 Å². The number of nitrogens with two attached hydrogens (primary N) is 1. The van der Waals surface area contributed by atoms with Gasteiger partial charge < -0.3 is 21.3 Å². The predicted octanol–water partition coefficient (Wildman–Crippen LogP) is 1.51. The molecule has 2 aliphatic rings. The molecular formula is C14H23N5OS. The number of amides is 1. The quantitative estimate of drug-likeness (QED) is 0.785. The number of anilines is 2. The maximum absolute atomic E-state index is 12.6. The Morgan fingerprint density at radius 2 is 2.10 bits per heavy atom. The molecule has 0 aromatic carbocycles. The molecule has 1 saturated carbocycles. The van der Waals surface area contributed by atoms with Gasteiger partial charge in [0.2, 0.25) is 0 Å². The van der Waals surface area contributed by atoms with Crippen LogP contribution >= 0.6 is 11.3 Å². The Morgan fingerprint density at radius 1 is 1.38 bits per heavy atom. The minimum absolute atomic E-state index is 0.00133. The number of hydrogen-bond acceptors (Lipinski definition) is 6. The van der Waals surface area contributed by atoms with Crippen LogP contribution < -0.4 is 16.4 Å². The lowest BCUT2D eigenvalue weighted by Crippen LogP contribution is -2.43. The number of hydrogen-bond donors (Lipinski definition) is 3. The topological polar surface area (TPSA) is 83.3 Å². The molecule has 0 spiro atoms. The number of thiazole rings is 1. The molecule has 6 nitrogen and oxygen atoms in total. The second-order valence-electron chi connectivity index (χ2n) is 5.90. The molecule has 1 amide bonds. The first kappa shape index (κ1) is 14.6. The third-order valence-corrected chi connectivity index (χ3v) is 5.45. The van der Waals surface area contributed by atoms with E-state index in [0.29, 0.717) is 22.8 Å². The fraction of sp³-hybridized carbons (Fsp3) is 0.714. The van der Waals surface area contributed by atoms with Crippen molar-refractivity contribution in [2.75, 3.05) is 31.2 Å². The highest BCUT2D eigenvalue weighted by Crippen LogP contribution is 2.30. The van der Waals surface area contributed by atoms with E-state index in [2.05, 4.69) is 15.6 Å².